The predicted octanol–water partition coefficient (Wildman–Crippen LogP) is 3.00. The fourth-order valence-electron chi connectivity index (χ4n) is 3.50. The molecule has 5 heteroatoms. The normalized spacial score (nSPS) is 19.0. The van der Waals surface area contributed by atoms with Crippen molar-refractivity contribution in [2.75, 3.05) is 19.6 Å². The third kappa shape index (κ3) is 4.15. The molecule has 5 nitrogen and oxygen atoms in total. The first-order valence-corrected chi connectivity index (χ1v) is 8.97. The molecule has 1 N–H and O–H groups in total. The topological polar surface area (TPSA) is 58.4 Å². The van der Waals surface area contributed by atoms with Crippen LogP contribution in [0.4, 0.5) is 0 Å². The molecule has 1 aromatic heterocycles. The molecule has 0 bridgehead atoms. The van der Waals surface area contributed by atoms with Gasteiger partial charge in [-0.2, -0.15) is 0 Å². The summed E-state index contributed by atoms with van der Waals surface area (Å²) < 4.78 is 5.25. The number of nitrogens with zero attached hydrogens (tertiary/aromatic N) is 2. The minimum Gasteiger partial charge on any atom is -0.356 e. The summed E-state index contributed by atoms with van der Waals surface area (Å²) in [6.07, 6.45) is 3.86. The van der Waals surface area contributed by atoms with Gasteiger partial charge in [0.15, 0.2) is 5.58 Å². The van der Waals surface area contributed by atoms with E-state index in [1.165, 1.54) is 19.4 Å². The molecule has 0 saturated carbocycles. The summed E-state index contributed by atoms with van der Waals surface area (Å²) in [5.41, 5.74) is 1.45. The number of rotatable bonds is 6. The highest BCUT2D eigenvalue weighted by molar-refractivity contribution is 5.86. The SMILES string of the molecule is CC(C)N1CCC[C@@H](CCNC(=O)Cc2noc3ccccc23)C1. The molecule has 0 unspecified atom stereocenters. The van der Waals surface area contributed by atoms with Crippen LogP contribution in [0.25, 0.3) is 11.0 Å². The zero-order valence-corrected chi connectivity index (χ0v) is 14.6. The smallest absolute Gasteiger partial charge is 0.226 e. The van der Waals surface area contributed by atoms with Gasteiger partial charge in [-0.3, -0.25) is 4.79 Å². The lowest BCUT2D eigenvalue weighted by Gasteiger charge is -2.35. The molecule has 1 fully saturated rings. The molecule has 1 atom stereocenters. The quantitative estimate of drug-likeness (QED) is 0.885. The Bertz CT molecular complexity index is 680. The first-order chi connectivity index (χ1) is 11.6. The molecular formula is C19H27N3O2. The van der Waals surface area contributed by atoms with Crippen LogP contribution in [-0.4, -0.2) is 41.6 Å². The third-order valence-electron chi connectivity index (χ3n) is 4.94. The molecule has 24 heavy (non-hydrogen) atoms. The monoisotopic (exact) mass is 329 g/mol. The number of fused-ring (bicyclic) bond motifs is 1. The molecule has 3 rings (SSSR count). The summed E-state index contributed by atoms with van der Waals surface area (Å²) in [4.78, 5) is 14.7. The molecule has 0 radical (unpaired) electrons. The van der Waals surface area contributed by atoms with Crippen molar-refractivity contribution in [3.63, 3.8) is 0 Å². The van der Waals surface area contributed by atoms with E-state index in [4.69, 9.17) is 4.52 Å². The van der Waals surface area contributed by atoms with E-state index in [1.54, 1.807) is 0 Å². The van der Waals surface area contributed by atoms with Crippen LogP contribution in [0.15, 0.2) is 28.8 Å². The molecule has 1 saturated heterocycles. The zero-order valence-electron chi connectivity index (χ0n) is 14.6. The number of carbonyl (C=O) groups excluding carboxylic acids is 1. The summed E-state index contributed by atoms with van der Waals surface area (Å²) in [6, 6.07) is 8.26. The van der Waals surface area contributed by atoms with Crippen molar-refractivity contribution in [3.05, 3.63) is 30.0 Å². The van der Waals surface area contributed by atoms with Crippen molar-refractivity contribution in [2.45, 2.75) is 45.6 Å². The van der Waals surface area contributed by atoms with E-state index in [9.17, 15) is 4.79 Å². The van der Waals surface area contributed by atoms with Gasteiger partial charge in [0.1, 0.15) is 5.69 Å². The Labute approximate surface area is 143 Å². The standard InChI is InChI=1S/C19H27N3O2/c1-14(2)22-11-5-6-15(13-22)9-10-20-19(23)12-17-16-7-3-4-8-18(16)24-21-17/h3-4,7-8,14-15H,5-6,9-13H2,1-2H3,(H,20,23)/t15-/m0/s1. The van der Waals surface area contributed by atoms with Gasteiger partial charge in [-0.1, -0.05) is 17.3 Å². The first-order valence-electron chi connectivity index (χ1n) is 8.97. The summed E-state index contributed by atoms with van der Waals surface area (Å²) in [7, 11) is 0. The number of aromatic nitrogens is 1. The summed E-state index contributed by atoms with van der Waals surface area (Å²) in [5.74, 6) is 0.708. The molecule has 1 aromatic carbocycles. The Morgan fingerprint density at radius 3 is 3.08 bits per heavy atom. The summed E-state index contributed by atoms with van der Waals surface area (Å²) in [5, 5.41) is 7.98. The molecule has 2 heterocycles. The molecule has 2 aromatic rings. The minimum absolute atomic E-state index is 0.0191. The van der Waals surface area contributed by atoms with Gasteiger partial charge in [0.05, 0.1) is 6.42 Å². The highest BCUT2D eigenvalue weighted by Gasteiger charge is 2.21. The molecule has 1 aliphatic rings. The maximum Gasteiger partial charge on any atom is 0.226 e. The van der Waals surface area contributed by atoms with Gasteiger partial charge >= 0.3 is 0 Å². The third-order valence-corrected chi connectivity index (χ3v) is 4.94. The average Bonchev–Trinajstić information content (AvgIpc) is 2.98. The number of hydrogen-bond acceptors (Lipinski definition) is 4. The second kappa shape index (κ2) is 7.79. The highest BCUT2D eigenvalue weighted by Crippen LogP contribution is 2.21. The van der Waals surface area contributed by atoms with Crippen LogP contribution in [0.2, 0.25) is 0 Å². The van der Waals surface area contributed by atoms with Gasteiger partial charge in [-0.05, 0) is 57.7 Å². The fourth-order valence-corrected chi connectivity index (χ4v) is 3.50. The van der Waals surface area contributed by atoms with Crippen molar-refractivity contribution < 1.29 is 9.32 Å². The van der Waals surface area contributed by atoms with Crippen molar-refractivity contribution in [2.24, 2.45) is 5.92 Å². The van der Waals surface area contributed by atoms with Gasteiger partial charge in [0.25, 0.3) is 0 Å². The lowest BCUT2D eigenvalue weighted by molar-refractivity contribution is -0.120. The number of benzene rings is 1. The molecular weight excluding hydrogens is 302 g/mol. The zero-order chi connectivity index (χ0) is 16.9. The Hall–Kier alpha value is -1.88. The van der Waals surface area contributed by atoms with Crippen molar-refractivity contribution in [1.29, 1.82) is 0 Å². The summed E-state index contributed by atoms with van der Waals surface area (Å²) >= 11 is 0. The lowest BCUT2D eigenvalue weighted by Crippen LogP contribution is -2.41. The number of piperidine rings is 1. The van der Waals surface area contributed by atoms with Crippen molar-refractivity contribution in [1.82, 2.24) is 15.4 Å². The van der Waals surface area contributed by atoms with Gasteiger partial charge in [0, 0.05) is 24.5 Å². The van der Waals surface area contributed by atoms with Gasteiger partial charge in [-0.25, -0.2) is 0 Å². The second-order valence-corrected chi connectivity index (χ2v) is 7.04. The Kier molecular flexibility index (Phi) is 5.51. The number of likely N-dealkylation sites (tertiary alicyclic amines) is 1. The Morgan fingerprint density at radius 1 is 1.42 bits per heavy atom. The fraction of sp³-hybridized carbons (Fsp3) is 0.579. The Morgan fingerprint density at radius 2 is 2.25 bits per heavy atom. The first kappa shape index (κ1) is 17.0. The van der Waals surface area contributed by atoms with E-state index < -0.39 is 0 Å². The van der Waals surface area contributed by atoms with Crippen LogP contribution in [0.3, 0.4) is 0 Å². The van der Waals surface area contributed by atoms with Crippen LogP contribution >= 0.6 is 0 Å². The van der Waals surface area contributed by atoms with Crippen LogP contribution in [0.5, 0.6) is 0 Å². The number of para-hydroxylation sites is 1. The van der Waals surface area contributed by atoms with Crippen LogP contribution in [0.1, 0.15) is 38.8 Å². The van der Waals surface area contributed by atoms with Crippen molar-refractivity contribution in [3.8, 4) is 0 Å². The van der Waals surface area contributed by atoms with Gasteiger partial charge in [0.2, 0.25) is 5.91 Å². The maximum absolute atomic E-state index is 12.2. The largest absolute Gasteiger partial charge is 0.356 e. The summed E-state index contributed by atoms with van der Waals surface area (Å²) in [6.45, 7) is 7.62. The number of nitrogens with one attached hydrogen (secondary N) is 1. The van der Waals surface area contributed by atoms with Crippen LogP contribution in [0, 0.1) is 5.92 Å². The number of carbonyl (C=O) groups is 1. The molecule has 0 aliphatic carbocycles. The van der Waals surface area contributed by atoms with E-state index in [0.717, 1.165) is 30.5 Å². The molecule has 0 spiro atoms. The Balaban J connectivity index is 1.44. The van der Waals surface area contributed by atoms with Crippen LogP contribution < -0.4 is 5.32 Å². The van der Waals surface area contributed by atoms with E-state index in [-0.39, 0.29) is 12.3 Å². The number of amides is 1. The minimum atomic E-state index is 0.0191. The van der Waals surface area contributed by atoms with Gasteiger partial charge in [-0.15, -0.1) is 0 Å². The van der Waals surface area contributed by atoms with Crippen LogP contribution in [-0.2, 0) is 11.2 Å². The van der Waals surface area contributed by atoms with E-state index >= 15 is 0 Å². The van der Waals surface area contributed by atoms with Crippen molar-refractivity contribution >= 4 is 16.9 Å². The number of hydrogen-bond donors (Lipinski definition) is 1. The average molecular weight is 329 g/mol. The van der Waals surface area contributed by atoms with E-state index in [0.29, 0.717) is 17.7 Å². The van der Waals surface area contributed by atoms with E-state index in [1.807, 2.05) is 24.3 Å². The maximum atomic E-state index is 12.2. The lowest BCUT2D eigenvalue weighted by atomic mass is 9.94. The van der Waals surface area contributed by atoms with Gasteiger partial charge < -0.3 is 14.7 Å². The highest BCUT2D eigenvalue weighted by atomic mass is 16.5. The molecule has 1 aliphatic heterocycles. The molecule has 130 valence electrons. The molecule has 1 amide bonds. The van der Waals surface area contributed by atoms with E-state index in [2.05, 4.69) is 29.2 Å². The predicted molar refractivity (Wildman–Crippen MR) is 94.8 cm³/mol. The second-order valence-electron chi connectivity index (χ2n) is 7.04.